The zero-order chi connectivity index (χ0) is 12.4. The van der Waals surface area contributed by atoms with Crippen LogP contribution >= 0.6 is 0 Å². The first-order valence-electron chi connectivity index (χ1n) is 5.98. The summed E-state index contributed by atoms with van der Waals surface area (Å²) in [6, 6.07) is 3.96. The van der Waals surface area contributed by atoms with Crippen molar-refractivity contribution in [2.24, 2.45) is 5.73 Å². The topological polar surface area (TPSA) is 58.7 Å². The summed E-state index contributed by atoms with van der Waals surface area (Å²) < 4.78 is 5.47. The fourth-order valence-electron chi connectivity index (χ4n) is 2.48. The van der Waals surface area contributed by atoms with Crippen LogP contribution in [-0.4, -0.2) is 32.4 Å². The fraction of sp³-hybridized carbons (Fsp3) is 0.538. The predicted molar refractivity (Wildman–Crippen MR) is 68.6 cm³/mol. The number of hydrogen-bond donors (Lipinski definition) is 2. The smallest absolute Gasteiger partial charge is 0.129 e. The number of aliphatic hydroxyl groups excluding tert-OH is 1. The third kappa shape index (κ3) is 2.10. The van der Waals surface area contributed by atoms with Crippen molar-refractivity contribution < 1.29 is 9.84 Å². The molecule has 0 radical (unpaired) electrons. The normalized spacial score (nSPS) is 16.6. The van der Waals surface area contributed by atoms with Gasteiger partial charge in [-0.15, -0.1) is 0 Å². The van der Waals surface area contributed by atoms with Crippen molar-refractivity contribution in [2.75, 3.05) is 32.1 Å². The van der Waals surface area contributed by atoms with Crippen LogP contribution in [0.2, 0.25) is 0 Å². The minimum Gasteiger partial charge on any atom is -0.496 e. The standard InChI is InChI=1S/C13H20N2O2/c1-15-7-3-4-9-11(15)6-5-10(12(16)8-14)13(9)17-2/h5-6,12,16H,3-4,7-8,14H2,1-2H3. The second-order valence-corrected chi connectivity index (χ2v) is 4.46. The minimum atomic E-state index is -0.650. The summed E-state index contributed by atoms with van der Waals surface area (Å²) in [6.45, 7) is 1.28. The number of ether oxygens (including phenoxy) is 1. The number of fused-ring (bicyclic) bond motifs is 1. The molecule has 0 fully saturated rings. The molecule has 1 aliphatic heterocycles. The minimum absolute atomic E-state index is 0.213. The molecule has 94 valence electrons. The summed E-state index contributed by atoms with van der Waals surface area (Å²) in [5.41, 5.74) is 8.69. The van der Waals surface area contributed by atoms with E-state index in [9.17, 15) is 5.11 Å². The Morgan fingerprint density at radius 3 is 2.94 bits per heavy atom. The van der Waals surface area contributed by atoms with Gasteiger partial charge in [0, 0.05) is 37.0 Å². The molecular formula is C13H20N2O2. The molecule has 4 heteroatoms. The van der Waals surface area contributed by atoms with E-state index in [0.29, 0.717) is 0 Å². The van der Waals surface area contributed by atoms with Gasteiger partial charge in [0.05, 0.1) is 13.2 Å². The van der Waals surface area contributed by atoms with Gasteiger partial charge in [-0.1, -0.05) is 6.07 Å². The lowest BCUT2D eigenvalue weighted by molar-refractivity contribution is 0.182. The van der Waals surface area contributed by atoms with Gasteiger partial charge < -0.3 is 20.5 Å². The number of methoxy groups -OCH3 is 1. The van der Waals surface area contributed by atoms with Crippen LogP contribution in [0.4, 0.5) is 5.69 Å². The highest BCUT2D eigenvalue weighted by molar-refractivity contribution is 5.63. The predicted octanol–water partition coefficient (Wildman–Crippen LogP) is 1.07. The Morgan fingerprint density at radius 1 is 1.53 bits per heavy atom. The van der Waals surface area contributed by atoms with Gasteiger partial charge in [-0.25, -0.2) is 0 Å². The van der Waals surface area contributed by atoms with Gasteiger partial charge in [-0.2, -0.15) is 0 Å². The Bertz CT molecular complexity index is 407. The SMILES string of the molecule is COc1c(C(O)CN)ccc2c1CCCN2C. The highest BCUT2D eigenvalue weighted by Crippen LogP contribution is 2.38. The number of rotatable bonds is 3. The number of nitrogens with two attached hydrogens (primary N) is 1. The largest absolute Gasteiger partial charge is 0.496 e. The molecule has 0 spiro atoms. The molecule has 1 aliphatic rings. The van der Waals surface area contributed by atoms with Crippen molar-refractivity contribution in [3.63, 3.8) is 0 Å². The van der Waals surface area contributed by atoms with Gasteiger partial charge >= 0.3 is 0 Å². The summed E-state index contributed by atoms with van der Waals surface area (Å²) >= 11 is 0. The molecule has 1 heterocycles. The third-order valence-electron chi connectivity index (χ3n) is 3.38. The lowest BCUT2D eigenvalue weighted by Crippen LogP contribution is -2.25. The maximum atomic E-state index is 9.89. The molecule has 0 aliphatic carbocycles. The number of benzene rings is 1. The molecule has 1 aromatic rings. The second-order valence-electron chi connectivity index (χ2n) is 4.46. The maximum absolute atomic E-state index is 9.89. The molecule has 0 saturated heterocycles. The van der Waals surface area contributed by atoms with Crippen LogP contribution < -0.4 is 15.4 Å². The van der Waals surface area contributed by atoms with Crippen molar-refractivity contribution in [3.8, 4) is 5.75 Å². The molecule has 4 nitrogen and oxygen atoms in total. The van der Waals surface area contributed by atoms with Gasteiger partial charge in [-0.3, -0.25) is 0 Å². The van der Waals surface area contributed by atoms with Crippen LogP contribution in [0.15, 0.2) is 12.1 Å². The van der Waals surface area contributed by atoms with E-state index >= 15 is 0 Å². The zero-order valence-electron chi connectivity index (χ0n) is 10.4. The Morgan fingerprint density at radius 2 is 2.29 bits per heavy atom. The Hall–Kier alpha value is -1.26. The van der Waals surface area contributed by atoms with E-state index in [0.717, 1.165) is 30.7 Å². The number of aliphatic hydroxyl groups is 1. The highest BCUT2D eigenvalue weighted by Gasteiger charge is 2.22. The fourth-order valence-corrected chi connectivity index (χ4v) is 2.48. The lowest BCUT2D eigenvalue weighted by Gasteiger charge is -2.30. The van der Waals surface area contributed by atoms with Crippen LogP contribution in [0.25, 0.3) is 0 Å². The van der Waals surface area contributed by atoms with E-state index in [2.05, 4.69) is 11.9 Å². The van der Waals surface area contributed by atoms with Crippen molar-refractivity contribution >= 4 is 5.69 Å². The van der Waals surface area contributed by atoms with Crippen LogP contribution in [-0.2, 0) is 6.42 Å². The van der Waals surface area contributed by atoms with Crippen molar-refractivity contribution in [3.05, 3.63) is 23.3 Å². The van der Waals surface area contributed by atoms with E-state index in [4.69, 9.17) is 10.5 Å². The molecule has 0 amide bonds. The molecule has 1 unspecified atom stereocenters. The Balaban J connectivity index is 2.51. The summed E-state index contributed by atoms with van der Waals surface area (Å²) in [7, 11) is 3.73. The van der Waals surface area contributed by atoms with Gasteiger partial charge in [-0.05, 0) is 18.9 Å². The van der Waals surface area contributed by atoms with E-state index in [-0.39, 0.29) is 6.54 Å². The maximum Gasteiger partial charge on any atom is 0.129 e. The average Bonchev–Trinajstić information content (AvgIpc) is 2.37. The molecule has 3 N–H and O–H groups in total. The molecule has 0 saturated carbocycles. The van der Waals surface area contributed by atoms with Crippen molar-refractivity contribution in [2.45, 2.75) is 18.9 Å². The van der Waals surface area contributed by atoms with E-state index in [1.54, 1.807) is 7.11 Å². The van der Waals surface area contributed by atoms with E-state index in [1.165, 1.54) is 11.3 Å². The first-order valence-corrected chi connectivity index (χ1v) is 5.98. The van der Waals surface area contributed by atoms with Crippen LogP contribution in [0.5, 0.6) is 5.75 Å². The molecule has 1 atom stereocenters. The molecular weight excluding hydrogens is 216 g/mol. The summed E-state index contributed by atoms with van der Waals surface area (Å²) in [4.78, 5) is 2.22. The summed E-state index contributed by atoms with van der Waals surface area (Å²) in [6.07, 6.45) is 1.46. The molecule has 1 aromatic carbocycles. The van der Waals surface area contributed by atoms with Gasteiger partial charge in [0.15, 0.2) is 0 Å². The first kappa shape index (κ1) is 12.2. The molecule has 2 rings (SSSR count). The van der Waals surface area contributed by atoms with Crippen molar-refractivity contribution in [1.82, 2.24) is 0 Å². The van der Waals surface area contributed by atoms with Crippen LogP contribution in [0.1, 0.15) is 23.7 Å². The quantitative estimate of drug-likeness (QED) is 0.824. The van der Waals surface area contributed by atoms with Gasteiger partial charge in [0.25, 0.3) is 0 Å². The zero-order valence-corrected chi connectivity index (χ0v) is 10.4. The summed E-state index contributed by atoms with van der Waals surface area (Å²) in [5.74, 6) is 0.798. The highest BCUT2D eigenvalue weighted by atomic mass is 16.5. The number of hydrogen-bond acceptors (Lipinski definition) is 4. The van der Waals surface area contributed by atoms with E-state index < -0.39 is 6.10 Å². The third-order valence-corrected chi connectivity index (χ3v) is 3.38. The van der Waals surface area contributed by atoms with Crippen LogP contribution in [0.3, 0.4) is 0 Å². The van der Waals surface area contributed by atoms with Gasteiger partial charge in [0.2, 0.25) is 0 Å². The second kappa shape index (κ2) is 4.94. The average molecular weight is 236 g/mol. The number of nitrogens with zero attached hydrogens (tertiary/aromatic N) is 1. The first-order chi connectivity index (χ1) is 8.19. The lowest BCUT2D eigenvalue weighted by atomic mass is 9.96. The Kier molecular flexibility index (Phi) is 3.54. The van der Waals surface area contributed by atoms with E-state index in [1.807, 2.05) is 12.1 Å². The molecule has 0 aromatic heterocycles. The monoisotopic (exact) mass is 236 g/mol. The number of anilines is 1. The Labute approximate surface area is 102 Å². The summed E-state index contributed by atoms with van der Waals surface area (Å²) in [5, 5.41) is 9.89. The molecule has 17 heavy (non-hydrogen) atoms. The van der Waals surface area contributed by atoms with Gasteiger partial charge in [0.1, 0.15) is 5.75 Å². The van der Waals surface area contributed by atoms with Crippen LogP contribution in [0, 0.1) is 0 Å². The van der Waals surface area contributed by atoms with Crippen molar-refractivity contribution in [1.29, 1.82) is 0 Å². The molecule has 0 bridgehead atoms.